The lowest BCUT2D eigenvalue weighted by Crippen LogP contribution is -2.46. The SMILES string of the molecule is COC(=O)C1=C(N)N(c2cccc(F)c2)C2=C(C(=O)[C@H](C(=O)OC)[C@H](c3ccc(OC)cc3)C2)[C@@H]1c1cccnc1. The second kappa shape index (κ2) is 11.2. The van der Waals surface area contributed by atoms with Gasteiger partial charge in [-0.25, -0.2) is 9.18 Å². The molecule has 0 fully saturated rings. The lowest BCUT2D eigenvalue weighted by Gasteiger charge is -2.44. The molecule has 2 aromatic carbocycles. The number of nitrogens with two attached hydrogens (primary N) is 1. The van der Waals surface area contributed by atoms with Crippen LogP contribution < -0.4 is 15.4 Å². The summed E-state index contributed by atoms with van der Waals surface area (Å²) in [4.78, 5) is 46.8. The third-order valence-electron chi connectivity index (χ3n) is 7.53. The van der Waals surface area contributed by atoms with Gasteiger partial charge in [0.25, 0.3) is 0 Å². The fourth-order valence-corrected chi connectivity index (χ4v) is 5.69. The largest absolute Gasteiger partial charge is 0.497 e. The molecule has 2 aliphatic rings. The molecule has 0 spiro atoms. The van der Waals surface area contributed by atoms with E-state index >= 15 is 0 Å². The molecule has 9 nitrogen and oxygen atoms in total. The molecular weight excluding hydrogens is 529 g/mol. The third-order valence-corrected chi connectivity index (χ3v) is 7.53. The maximum Gasteiger partial charge on any atom is 0.338 e. The Kier molecular flexibility index (Phi) is 7.56. The number of nitrogens with zero attached hydrogens (tertiary/aromatic N) is 2. The molecule has 3 atom stereocenters. The van der Waals surface area contributed by atoms with Crippen LogP contribution in [-0.4, -0.2) is 44.0 Å². The van der Waals surface area contributed by atoms with Crippen molar-refractivity contribution in [2.45, 2.75) is 18.3 Å². The molecule has 10 heteroatoms. The summed E-state index contributed by atoms with van der Waals surface area (Å²) in [6.07, 6.45) is 3.24. The molecule has 2 N–H and O–H groups in total. The first-order chi connectivity index (χ1) is 19.8. The molecular formula is C31H28FN3O6. The Bertz CT molecular complexity index is 1570. The van der Waals surface area contributed by atoms with Gasteiger partial charge in [-0.2, -0.15) is 0 Å². The van der Waals surface area contributed by atoms with Crippen LogP contribution in [-0.2, 0) is 23.9 Å². The van der Waals surface area contributed by atoms with E-state index in [1.54, 1.807) is 55.8 Å². The van der Waals surface area contributed by atoms with Crippen molar-refractivity contribution in [1.82, 2.24) is 4.98 Å². The molecule has 0 saturated heterocycles. The first-order valence-electron chi connectivity index (χ1n) is 12.8. The number of benzene rings is 2. The van der Waals surface area contributed by atoms with E-state index < -0.39 is 41.3 Å². The Morgan fingerprint density at radius 1 is 1.00 bits per heavy atom. The molecule has 0 saturated carbocycles. The van der Waals surface area contributed by atoms with E-state index in [4.69, 9.17) is 19.9 Å². The van der Waals surface area contributed by atoms with E-state index in [9.17, 15) is 18.8 Å². The Labute approximate surface area is 236 Å². The minimum atomic E-state index is -1.22. The summed E-state index contributed by atoms with van der Waals surface area (Å²) >= 11 is 0. The lowest BCUT2D eigenvalue weighted by atomic mass is 9.67. The molecule has 0 amide bonds. The van der Waals surface area contributed by atoms with Crippen LogP contribution in [0.5, 0.6) is 5.75 Å². The van der Waals surface area contributed by atoms with E-state index in [1.165, 1.54) is 43.5 Å². The Balaban J connectivity index is 1.81. The van der Waals surface area contributed by atoms with Gasteiger partial charge in [-0.1, -0.05) is 24.3 Å². The van der Waals surface area contributed by atoms with Crippen molar-refractivity contribution in [3.63, 3.8) is 0 Å². The molecule has 210 valence electrons. The van der Waals surface area contributed by atoms with Crippen LogP contribution in [0.15, 0.2) is 95.7 Å². The van der Waals surface area contributed by atoms with Gasteiger partial charge in [-0.05, 0) is 53.9 Å². The van der Waals surface area contributed by atoms with Crippen molar-refractivity contribution in [3.05, 3.63) is 113 Å². The first kappa shape index (κ1) is 27.6. The second-order valence-corrected chi connectivity index (χ2v) is 9.63. The smallest absolute Gasteiger partial charge is 0.338 e. The molecule has 1 aliphatic heterocycles. The minimum Gasteiger partial charge on any atom is -0.497 e. The molecule has 3 aromatic rings. The Hall–Kier alpha value is -4.99. The Morgan fingerprint density at radius 2 is 1.76 bits per heavy atom. The monoisotopic (exact) mass is 557 g/mol. The molecule has 1 aromatic heterocycles. The fraction of sp³-hybridized carbons (Fsp3) is 0.226. The molecule has 41 heavy (non-hydrogen) atoms. The number of methoxy groups -OCH3 is 3. The molecule has 5 rings (SSSR count). The van der Waals surface area contributed by atoms with E-state index in [0.717, 1.165) is 0 Å². The number of pyridine rings is 1. The fourth-order valence-electron chi connectivity index (χ4n) is 5.69. The maximum atomic E-state index is 14.5. The summed E-state index contributed by atoms with van der Waals surface area (Å²) in [5.74, 6) is -4.85. The van der Waals surface area contributed by atoms with Gasteiger partial charge < -0.3 is 19.9 Å². The van der Waals surface area contributed by atoms with E-state index in [-0.39, 0.29) is 23.4 Å². The van der Waals surface area contributed by atoms with Crippen LogP contribution in [0, 0.1) is 11.7 Å². The van der Waals surface area contributed by atoms with Gasteiger partial charge in [0.1, 0.15) is 23.3 Å². The number of esters is 2. The number of hydrogen-bond acceptors (Lipinski definition) is 9. The number of carbonyl (C=O) groups is 3. The number of aromatic nitrogens is 1. The minimum absolute atomic E-state index is 0.0205. The number of rotatable bonds is 6. The van der Waals surface area contributed by atoms with Crippen LogP contribution in [0.3, 0.4) is 0 Å². The van der Waals surface area contributed by atoms with Crippen molar-refractivity contribution in [3.8, 4) is 5.75 Å². The number of ketones is 1. The molecule has 0 unspecified atom stereocenters. The summed E-state index contributed by atoms with van der Waals surface area (Å²) in [6, 6.07) is 16.1. The highest BCUT2D eigenvalue weighted by molar-refractivity contribution is 6.14. The number of ether oxygens (including phenoxy) is 3. The van der Waals surface area contributed by atoms with Crippen molar-refractivity contribution < 1.29 is 33.0 Å². The van der Waals surface area contributed by atoms with Crippen LogP contribution in [0.1, 0.15) is 29.4 Å². The van der Waals surface area contributed by atoms with E-state index in [1.807, 2.05) is 0 Å². The highest BCUT2D eigenvalue weighted by Crippen LogP contribution is 2.51. The van der Waals surface area contributed by atoms with Crippen molar-refractivity contribution >= 4 is 23.4 Å². The summed E-state index contributed by atoms with van der Waals surface area (Å²) in [5, 5.41) is 0. The van der Waals surface area contributed by atoms with E-state index in [0.29, 0.717) is 28.3 Å². The molecule has 1 aliphatic carbocycles. The standard InChI is InChI=1S/C31H28FN3O6/c1-39-21-11-9-17(10-12-21)22-15-23-26(28(36)25(22)30(37)40-2)24(18-6-5-13-34-16-18)27(31(38)41-3)29(33)35(23)20-8-4-7-19(32)14-20/h4-14,16,22,24-25H,15,33H2,1-3H3/t22-,24-,25+/m0/s1. The maximum absolute atomic E-state index is 14.5. The average Bonchev–Trinajstić information content (AvgIpc) is 3.00. The number of carbonyl (C=O) groups excluding carboxylic acids is 3. The van der Waals surface area contributed by atoms with Crippen molar-refractivity contribution in [2.24, 2.45) is 11.7 Å². The second-order valence-electron chi connectivity index (χ2n) is 9.63. The van der Waals surface area contributed by atoms with Gasteiger partial charge in [-0.3, -0.25) is 19.5 Å². The zero-order valence-corrected chi connectivity index (χ0v) is 22.7. The quantitative estimate of drug-likeness (QED) is 0.354. The highest BCUT2D eigenvalue weighted by Gasteiger charge is 2.51. The number of hydrogen-bond donors (Lipinski definition) is 1. The Morgan fingerprint density at radius 3 is 2.37 bits per heavy atom. The van der Waals surface area contributed by atoms with E-state index in [2.05, 4.69) is 4.98 Å². The number of allylic oxidation sites excluding steroid dienone is 2. The zero-order valence-electron chi connectivity index (χ0n) is 22.7. The zero-order chi connectivity index (χ0) is 29.3. The van der Waals surface area contributed by atoms with Crippen molar-refractivity contribution in [2.75, 3.05) is 26.2 Å². The van der Waals surface area contributed by atoms with Crippen LogP contribution in [0.2, 0.25) is 0 Å². The van der Waals surface area contributed by atoms with Crippen LogP contribution in [0.4, 0.5) is 10.1 Å². The van der Waals surface area contributed by atoms with Gasteiger partial charge in [0.2, 0.25) is 0 Å². The summed E-state index contributed by atoms with van der Waals surface area (Å²) in [6.45, 7) is 0. The van der Waals surface area contributed by atoms with Crippen LogP contribution >= 0.6 is 0 Å². The molecule has 2 heterocycles. The predicted octanol–water partition coefficient (Wildman–Crippen LogP) is 3.98. The third kappa shape index (κ3) is 4.82. The molecule has 0 radical (unpaired) electrons. The topological polar surface area (TPSA) is 121 Å². The number of Topliss-reactive ketones (excluding diaryl/α,β-unsaturated/α-hetero) is 1. The average molecular weight is 558 g/mol. The van der Waals surface area contributed by atoms with Gasteiger partial charge in [0, 0.05) is 29.6 Å². The summed E-state index contributed by atoms with van der Waals surface area (Å²) < 4.78 is 30.0. The van der Waals surface area contributed by atoms with Gasteiger partial charge in [-0.15, -0.1) is 0 Å². The normalized spacial score (nSPS) is 20.4. The van der Waals surface area contributed by atoms with Crippen LogP contribution in [0.25, 0.3) is 0 Å². The van der Waals surface area contributed by atoms with Gasteiger partial charge in [0.05, 0.1) is 38.5 Å². The predicted molar refractivity (Wildman–Crippen MR) is 147 cm³/mol. The van der Waals surface area contributed by atoms with Gasteiger partial charge >= 0.3 is 11.9 Å². The summed E-state index contributed by atoms with van der Waals surface area (Å²) in [7, 11) is 3.97. The lowest BCUT2D eigenvalue weighted by molar-refractivity contribution is -0.150. The number of anilines is 1. The molecule has 0 bridgehead atoms. The van der Waals surface area contributed by atoms with Gasteiger partial charge in [0.15, 0.2) is 5.78 Å². The number of halogens is 1. The van der Waals surface area contributed by atoms with Crippen molar-refractivity contribution in [1.29, 1.82) is 0 Å². The first-order valence-corrected chi connectivity index (χ1v) is 12.8. The summed E-state index contributed by atoms with van der Waals surface area (Å²) in [5.41, 5.74) is 8.78. The highest BCUT2D eigenvalue weighted by atomic mass is 19.1.